The number of ether oxygens (including phenoxy) is 2. The van der Waals surface area contributed by atoms with Gasteiger partial charge in [-0.1, -0.05) is 0 Å². The lowest BCUT2D eigenvalue weighted by Crippen LogP contribution is -2.11. The van der Waals surface area contributed by atoms with Crippen molar-refractivity contribution in [2.75, 3.05) is 6.79 Å². The van der Waals surface area contributed by atoms with E-state index in [1.54, 1.807) is 0 Å². The molecule has 0 N–H and O–H groups in total. The molecule has 1 heterocycles. The molecule has 0 radical (unpaired) electrons. The molecule has 0 unspecified atom stereocenters. The summed E-state index contributed by atoms with van der Waals surface area (Å²) in [6.45, 7) is -0.0342. The van der Waals surface area contributed by atoms with Gasteiger partial charge in [0.15, 0.2) is 11.5 Å². The first-order chi connectivity index (χ1) is 7.01. The molecule has 1 aromatic rings. The van der Waals surface area contributed by atoms with Gasteiger partial charge in [0.05, 0.1) is 4.90 Å². The van der Waals surface area contributed by atoms with E-state index in [4.69, 9.17) is 9.47 Å². The number of benzene rings is 1. The van der Waals surface area contributed by atoms with Crippen molar-refractivity contribution < 1.29 is 26.7 Å². The largest absolute Gasteiger partial charge is 0.454 e. The molecule has 0 saturated heterocycles. The van der Waals surface area contributed by atoms with E-state index in [1.807, 2.05) is 0 Å². The van der Waals surface area contributed by atoms with Crippen LogP contribution in [0.25, 0.3) is 0 Å². The number of hydrogen-bond donors (Lipinski definition) is 0. The molecular formula is C8H6F2O4S. The lowest BCUT2D eigenvalue weighted by atomic mass is 10.3. The van der Waals surface area contributed by atoms with E-state index in [0.717, 1.165) is 12.1 Å². The average molecular weight is 236 g/mol. The Labute approximate surface area is 84.3 Å². The third-order valence-corrected chi connectivity index (χ3v) is 3.29. The van der Waals surface area contributed by atoms with Gasteiger partial charge in [0, 0.05) is 6.07 Å². The standard InChI is InChI=1S/C8H6F2O4S/c9-8(10)15(11,12)5-1-2-6-7(3-5)14-4-13-6/h1-3,8H,4H2. The maximum absolute atomic E-state index is 12.2. The second-order valence-corrected chi connectivity index (χ2v) is 4.74. The molecule has 82 valence electrons. The first kappa shape index (κ1) is 10.2. The Kier molecular flexibility index (Phi) is 2.26. The zero-order valence-corrected chi connectivity index (χ0v) is 8.13. The van der Waals surface area contributed by atoms with Gasteiger partial charge in [-0.3, -0.25) is 0 Å². The van der Waals surface area contributed by atoms with Crippen LogP contribution in [0.4, 0.5) is 8.78 Å². The van der Waals surface area contributed by atoms with Crippen LogP contribution in [0.2, 0.25) is 0 Å². The van der Waals surface area contributed by atoms with Gasteiger partial charge in [0.2, 0.25) is 16.6 Å². The fraction of sp³-hybridized carbons (Fsp3) is 0.250. The van der Waals surface area contributed by atoms with E-state index in [1.165, 1.54) is 6.07 Å². The van der Waals surface area contributed by atoms with Gasteiger partial charge in [-0.15, -0.1) is 0 Å². The van der Waals surface area contributed by atoms with Gasteiger partial charge in [-0.2, -0.15) is 8.78 Å². The zero-order chi connectivity index (χ0) is 11.1. The number of hydrogen-bond acceptors (Lipinski definition) is 4. The summed E-state index contributed by atoms with van der Waals surface area (Å²) in [4.78, 5) is -0.471. The number of rotatable bonds is 2. The van der Waals surface area contributed by atoms with Crippen LogP contribution in [0.3, 0.4) is 0 Å². The predicted octanol–water partition coefficient (Wildman–Crippen LogP) is 1.41. The molecule has 7 heteroatoms. The Bertz CT molecular complexity index is 483. The minimum Gasteiger partial charge on any atom is -0.454 e. The Hall–Kier alpha value is -1.37. The number of alkyl halides is 2. The van der Waals surface area contributed by atoms with Gasteiger partial charge in [-0.25, -0.2) is 8.42 Å². The first-order valence-electron chi connectivity index (χ1n) is 3.93. The fourth-order valence-corrected chi connectivity index (χ4v) is 1.89. The summed E-state index contributed by atoms with van der Waals surface area (Å²) in [5, 5.41) is 0. The molecule has 0 amide bonds. The molecule has 0 aliphatic carbocycles. The summed E-state index contributed by atoms with van der Waals surface area (Å²) in [7, 11) is -4.57. The molecule has 0 saturated carbocycles. The lowest BCUT2D eigenvalue weighted by Gasteiger charge is -2.03. The van der Waals surface area contributed by atoms with Gasteiger partial charge in [-0.05, 0) is 12.1 Å². The van der Waals surface area contributed by atoms with E-state index in [9.17, 15) is 17.2 Å². The first-order valence-corrected chi connectivity index (χ1v) is 5.48. The summed E-state index contributed by atoms with van der Waals surface area (Å²) in [5.74, 6) is -2.92. The summed E-state index contributed by atoms with van der Waals surface area (Å²) in [6, 6.07) is 3.39. The minimum absolute atomic E-state index is 0.0342. The second kappa shape index (κ2) is 3.34. The minimum atomic E-state index is -4.57. The van der Waals surface area contributed by atoms with Crippen LogP contribution in [0.5, 0.6) is 11.5 Å². The third kappa shape index (κ3) is 1.63. The van der Waals surface area contributed by atoms with Crippen LogP contribution < -0.4 is 9.47 Å². The summed E-state index contributed by atoms with van der Waals surface area (Å²) >= 11 is 0. The maximum Gasteiger partial charge on any atom is 0.341 e. The Balaban J connectivity index is 2.48. The summed E-state index contributed by atoms with van der Waals surface area (Å²) in [5.41, 5.74) is 0. The van der Waals surface area contributed by atoms with Gasteiger partial charge >= 0.3 is 5.76 Å². The molecule has 4 nitrogen and oxygen atoms in total. The van der Waals surface area contributed by atoms with Gasteiger partial charge < -0.3 is 9.47 Å². The van der Waals surface area contributed by atoms with Crippen molar-refractivity contribution >= 4 is 9.84 Å². The zero-order valence-electron chi connectivity index (χ0n) is 7.31. The van der Waals surface area contributed by atoms with Crippen molar-refractivity contribution in [2.45, 2.75) is 10.7 Å². The molecule has 1 aromatic carbocycles. The van der Waals surface area contributed by atoms with E-state index in [-0.39, 0.29) is 12.5 Å². The summed E-state index contributed by atoms with van der Waals surface area (Å²) < 4.78 is 56.4. The topological polar surface area (TPSA) is 52.6 Å². The van der Waals surface area contributed by atoms with E-state index in [2.05, 4.69) is 0 Å². The number of sulfone groups is 1. The Morgan fingerprint density at radius 3 is 2.53 bits per heavy atom. The molecule has 0 spiro atoms. The molecule has 15 heavy (non-hydrogen) atoms. The van der Waals surface area contributed by atoms with E-state index in [0.29, 0.717) is 5.75 Å². The SMILES string of the molecule is O=S(=O)(c1ccc2c(c1)OCO2)C(F)F. The maximum atomic E-state index is 12.2. The van der Waals surface area contributed by atoms with Crippen molar-refractivity contribution in [1.29, 1.82) is 0 Å². The number of fused-ring (bicyclic) bond motifs is 1. The molecule has 0 aromatic heterocycles. The molecule has 2 rings (SSSR count). The number of halogens is 2. The second-order valence-electron chi connectivity index (χ2n) is 2.82. The van der Waals surface area contributed by atoms with E-state index >= 15 is 0 Å². The van der Waals surface area contributed by atoms with Crippen molar-refractivity contribution in [3.8, 4) is 11.5 Å². The van der Waals surface area contributed by atoms with Crippen LogP contribution in [-0.2, 0) is 9.84 Å². The van der Waals surface area contributed by atoms with Crippen LogP contribution in [0.1, 0.15) is 0 Å². The molecule has 1 aliphatic heterocycles. The normalized spacial score (nSPS) is 14.6. The molecular weight excluding hydrogens is 230 g/mol. The van der Waals surface area contributed by atoms with Gasteiger partial charge in [0.25, 0.3) is 0 Å². The highest BCUT2D eigenvalue weighted by molar-refractivity contribution is 7.91. The van der Waals surface area contributed by atoms with Crippen LogP contribution in [0, 0.1) is 0 Å². The smallest absolute Gasteiger partial charge is 0.341 e. The predicted molar refractivity (Wildman–Crippen MR) is 45.8 cm³/mol. The van der Waals surface area contributed by atoms with Crippen molar-refractivity contribution in [3.05, 3.63) is 18.2 Å². The summed E-state index contributed by atoms with van der Waals surface area (Å²) in [6.07, 6.45) is 0. The quantitative estimate of drug-likeness (QED) is 0.779. The fourth-order valence-electron chi connectivity index (χ4n) is 1.16. The Morgan fingerprint density at radius 1 is 1.20 bits per heavy atom. The van der Waals surface area contributed by atoms with Crippen molar-refractivity contribution in [2.24, 2.45) is 0 Å². The third-order valence-electron chi connectivity index (χ3n) is 1.91. The lowest BCUT2D eigenvalue weighted by molar-refractivity contribution is 0.174. The Morgan fingerprint density at radius 2 is 1.87 bits per heavy atom. The van der Waals surface area contributed by atoms with Gasteiger partial charge in [0.1, 0.15) is 0 Å². The highest BCUT2D eigenvalue weighted by atomic mass is 32.2. The van der Waals surface area contributed by atoms with Crippen molar-refractivity contribution in [1.82, 2.24) is 0 Å². The van der Waals surface area contributed by atoms with Crippen LogP contribution in [-0.4, -0.2) is 21.0 Å². The van der Waals surface area contributed by atoms with Crippen LogP contribution in [0.15, 0.2) is 23.1 Å². The average Bonchev–Trinajstić information content (AvgIpc) is 2.63. The molecule has 0 bridgehead atoms. The molecule has 0 fully saturated rings. The highest BCUT2D eigenvalue weighted by Crippen LogP contribution is 2.34. The van der Waals surface area contributed by atoms with E-state index < -0.39 is 20.5 Å². The monoisotopic (exact) mass is 236 g/mol. The van der Waals surface area contributed by atoms with Crippen molar-refractivity contribution in [3.63, 3.8) is 0 Å². The van der Waals surface area contributed by atoms with Crippen LogP contribution >= 0.6 is 0 Å². The molecule has 0 atom stereocenters. The highest BCUT2D eigenvalue weighted by Gasteiger charge is 2.28. The molecule has 1 aliphatic rings.